The van der Waals surface area contributed by atoms with Gasteiger partial charge in [0.1, 0.15) is 17.4 Å². The number of aryl methyl sites for hydroxylation is 2. The summed E-state index contributed by atoms with van der Waals surface area (Å²) in [6, 6.07) is 19.1. The minimum atomic E-state index is -0.540. The number of carbonyl (C=O) groups is 2. The lowest BCUT2D eigenvalue weighted by Gasteiger charge is -2.11. The summed E-state index contributed by atoms with van der Waals surface area (Å²) in [6.07, 6.45) is 1.42. The molecule has 3 aromatic carbocycles. The molecule has 0 saturated carbocycles. The van der Waals surface area contributed by atoms with Crippen LogP contribution in [0, 0.1) is 25.2 Å². The Morgan fingerprint density at radius 1 is 1.00 bits per heavy atom. The number of benzene rings is 3. The summed E-state index contributed by atoms with van der Waals surface area (Å²) in [5.41, 5.74) is 3.45. The third-order valence-corrected chi connectivity index (χ3v) is 5.52. The number of para-hydroxylation sites is 1. The maximum atomic E-state index is 12.7. The smallest absolute Gasteiger partial charge is 0.266 e. The molecular weight excluding hydrogens is 473 g/mol. The first-order valence-corrected chi connectivity index (χ1v) is 11.0. The number of halogens is 2. The first-order chi connectivity index (χ1) is 16.3. The second-order valence-corrected chi connectivity index (χ2v) is 8.26. The maximum absolute atomic E-state index is 12.7. The molecule has 0 aliphatic carbocycles. The van der Waals surface area contributed by atoms with Crippen molar-refractivity contribution < 1.29 is 14.3 Å². The lowest BCUT2D eigenvalue weighted by Crippen LogP contribution is -2.20. The van der Waals surface area contributed by atoms with Crippen molar-refractivity contribution in [1.82, 2.24) is 0 Å². The first kappa shape index (κ1) is 24.8. The van der Waals surface area contributed by atoms with Gasteiger partial charge in [-0.15, -0.1) is 0 Å². The lowest BCUT2D eigenvalue weighted by atomic mass is 10.1. The number of nitrogens with zero attached hydrogens (tertiary/aromatic N) is 1. The molecular formula is C26H21Cl2N3O3. The van der Waals surface area contributed by atoms with Gasteiger partial charge in [-0.25, -0.2) is 0 Å². The van der Waals surface area contributed by atoms with Gasteiger partial charge in [0.15, 0.2) is 6.61 Å². The van der Waals surface area contributed by atoms with Crippen molar-refractivity contribution in [2.24, 2.45) is 0 Å². The number of amides is 2. The highest BCUT2D eigenvalue weighted by atomic mass is 35.5. The monoisotopic (exact) mass is 493 g/mol. The van der Waals surface area contributed by atoms with E-state index in [4.69, 9.17) is 27.9 Å². The summed E-state index contributed by atoms with van der Waals surface area (Å²) in [6.45, 7) is 3.55. The second kappa shape index (κ2) is 11.4. The van der Waals surface area contributed by atoms with Crippen LogP contribution in [0.1, 0.15) is 16.7 Å². The standard InChI is InChI=1S/C26H21Cl2N3O3/c1-16-7-10-23(17(2)11-16)31-26(33)19(14-29)12-18-5-3-4-6-24(18)34-15-25(32)30-20-8-9-21(27)22(28)13-20/h3-13H,15H2,1-2H3,(H,30,32)(H,31,33)/b19-12+. The zero-order valence-electron chi connectivity index (χ0n) is 18.5. The SMILES string of the molecule is Cc1ccc(NC(=O)/C(C#N)=C/c2ccccc2OCC(=O)Nc2ccc(Cl)c(Cl)c2)c(C)c1. The molecule has 0 fully saturated rings. The number of anilines is 2. The Labute approximate surface area is 207 Å². The van der Waals surface area contributed by atoms with Crippen molar-refractivity contribution in [3.8, 4) is 11.8 Å². The van der Waals surface area contributed by atoms with Gasteiger partial charge in [0, 0.05) is 16.9 Å². The molecule has 0 aliphatic heterocycles. The fraction of sp³-hybridized carbons (Fsp3) is 0.115. The summed E-state index contributed by atoms with van der Waals surface area (Å²) < 4.78 is 5.64. The molecule has 172 valence electrons. The molecule has 0 aromatic heterocycles. The van der Waals surface area contributed by atoms with Crippen LogP contribution < -0.4 is 15.4 Å². The highest BCUT2D eigenvalue weighted by molar-refractivity contribution is 6.42. The van der Waals surface area contributed by atoms with E-state index >= 15 is 0 Å². The van der Waals surface area contributed by atoms with Crippen LogP contribution in [0.25, 0.3) is 6.08 Å². The minimum absolute atomic E-state index is 0.101. The van der Waals surface area contributed by atoms with E-state index in [-0.39, 0.29) is 12.2 Å². The van der Waals surface area contributed by atoms with Crippen LogP contribution in [-0.4, -0.2) is 18.4 Å². The number of ether oxygens (including phenoxy) is 1. The highest BCUT2D eigenvalue weighted by Gasteiger charge is 2.13. The van der Waals surface area contributed by atoms with Gasteiger partial charge >= 0.3 is 0 Å². The fourth-order valence-electron chi connectivity index (χ4n) is 3.09. The third-order valence-electron chi connectivity index (χ3n) is 4.78. The quantitative estimate of drug-likeness (QED) is 0.304. The molecule has 0 radical (unpaired) electrons. The summed E-state index contributed by atoms with van der Waals surface area (Å²) in [4.78, 5) is 25.0. The predicted octanol–water partition coefficient (Wildman–Crippen LogP) is 6.17. The van der Waals surface area contributed by atoms with Crippen LogP contribution in [0.2, 0.25) is 10.0 Å². The largest absolute Gasteiger partial charge is 0.483 e. The average molecular weight is 494 g/mol. The van der Waals surface area contributed by atoms with Crippen LogP contribution in [0.5, 0.6) is 5.75 Å². The molecule has 0 aliphatic rings. The summed E-state index contributed by atoms with van der Waals surface area (Å²) in [5.74, 6) is -0.606. The first-order valence-electron chi connectivity index (χ1n) is 10.2. The number of nitrogens with one attached hydrogen (secondary N) is 2. The van der Waals surface area contributed by atoms with E-state index in [1.54, 1.807) is 42.5 Å². The number of nitriles is 1. The van der Waals surface area contributed by atoms with Crippen molar-refractivity contribution in [3.63, 3.8) is 0 Å². The number of hydrogen-bond donors (Lipinski definition) is 2. The van der Waals surface area contributed by atoms with E-state index in [9.17, 15) is 14.9 Å². The van der Waals surface area contributed by atoms with Gasteiger partial charge in [-0.05, 0) is 55.8 Å². The molecule has 3 aromatic rings. The molecule has 0 heterocycles. The van der Waals surface area contributed by atoms with E-state index in [1.807, 2.05) is 32.0 Å². The molecule has 34 heavy (non-hydrogen) atoms. The number of carbonyl (C=O) groups excluding carboxylic acids is 2. The van der Waals surface area contributed by atoms with Crippen LogP contribution >= 0.6 is 23.2 Å². The molecule has 3 rings (SSSR count). The van der Waals surface area contributed by atoms with Gasteiger partial charge in [-0.3, -0.25) is 9.59 Å². The molecule has 0 spiro atoms. The molecule has 0 saturated heterocycles. The van der Waals surface area contributed by atoms with Gasteiger partial charge in [-0.1, -0.05) is 59.1 Å². The lowest BCUT2D eigenvalue weighted by molar-refractivity contribution is -0.118. The second-order valence-electron chi connectivity index (χ2n) is 7.45. The van der Waals surface area contributed by atoms with Crippen molar-refractivity contribution in [1.29, 1.82) is 5.26 Å². The summed E-state index contributed by atoms with van der Waals surface area (Å²) in [7, 11) is 0. The van der Waals surface area contributed by atoms with Crippen LogP contribution in [0.4, 0.5) is 11.4 Å². The number of rotatable bonds is 7. The van der Waals surface area contributed by atoms with Gasteiger partial charge < -0.3 is 15.4 Å². The maximum Gasteiger partial charge on any atom is 0.266 e. The van der Waals surface area contributed by atoms with E-state index in [2.05, 4.69) is 10.6 Å². The Balaban J connectivity index is 1.71. The van der Waals surface area contributed by atoms with Gasteiger partial charge in [0.05, 0.1) is 10.0 Å². The minimum Gasteiger partial charge on any atom is -0.483 e. The Kier molecular flexibility index (Phi) is 8.31. The molecule has 2 N–H and O–H groups in total. The Hall–Kier alpha value is -3.79. The molecule has 6 nitrogen and oxygen atoms in total. The highest BCUT2D eigenvalue weighted by Crippen LogP contribution is 2.25. The zero-order chi connectivity index (χ0) is 24.7. The van der Waals surface area contributed by atoms with E-state index < -0.39 is 11.8 Å². The number of hydrogen-bond acceptors (Lipinski definition) is 4. The summed E-state index contributed by atoms with van der Waals surface area (Å²) in [5, 5.41) is 15.7. The topological polar surface area (TPSA) is 91.2 Å². The molecule has 0 unspecified atom stereocenters. The third kappa shape index (κ3) is 6.61. The van der Waals surface area contributed by atoms with E-state index in [1.165, 1.54) is 12.1 Å². The van der Waals surface area contributed by atoms with E-state index in [0.29, 0.717) is 32.7 Å². The van der Waals surface area contributed by atoms with Crippen LogP contribution in [-0.2, 0) is 9.59 Å². The molecule has 2 amide bonds. The van der Waals surface area contributed by atoms with Crippen LogP contribution in [0.3, 0.4) is 0 Å². The van der Waals surface area contributed by atoms with Gasteiger partial charge in [0.25, 0.3) is 11.8 Å². The summed E-state index contributed by atoms with van der Waals surface area (Å²) >= 11 is 11.8. The molecule has 0 bridgehead atoms. The van der Waals surface area contributed by atoms with Gasteiger partial charge in [-0.2, -0.15) is 5.26 Å². The zero-order valence-corrected chi connectivity index (χ0v) is 20.0. The predicted molar refractivity (Wildman–Crippen MR) is 135 cm³/mol. The average Bonchev–Trinajstić information content (AvgIpc) is 2.81. The normalized spacial score (nSPS) is 10.9. The molecule has 0 atom stereocenters. The van der Waals surface area contributed by atoms with Crippen molar-refractivity contribution in [3.05, 3.63) is 93.0 Å². The molecule has 8 heteroatoms. The van der Waals surface area contributed by atoms with Crippen molar-refractivity contribution in [2.45, 2.75) is 13.8 Å². The Morgan fingerprint density at radius 3 is 2.47 bits per heavy atom. The van der Waals surface area contributed by atoms with Crippen molar-refractivity contribution >= 4 is 52.5 Å². The van der Waals surface area contributed by atoms with Gasteiger partial charge in [0.2, 0.25) is 0 Å². The Bertz CT molecular complexity index is 1310. The van der Waals surface area contributed by atoms with E-state index in [0.717, 1.165) is 11.1 Å². The fourth-order valence-corrected chi connectivity index (χ4v) is 3.39. The van der Waals surface area contributed by atoms with Crippen LogP contribution in [0.15, 0.2) is 66.2 Å². The Morgan fingerprint density at radius 2 is 1.76 bits per heavy atom. The van der Waals surface area contributed by atoms with Crippen molar-refractivity contribution in [2.75, 3.05) is 17.2 Å².